The Labute approximate surface area is 255 Å². The largest absolute Gasteiger partial charge is 0.349 e. The first-order valence-corrected chi connectivity index (χ1v) is 16.8. The highest BCUT2D eigenvalue weighted by Crippen LogP contribution is 2.47. The highest BCUT2D eigenvalue weighted by molar-refractivity contribution is 5.68. The summed E-state index contributed by atoms with van der Waals surface area (Å²) < 4.78 is 25.7. The van der Waals surface area contributed by atoms with Crippen LogP contribution in [-0.2, 0) is 18.9 Å². The Bertz CT molecular complexity index is 1030. The minimum Gasteiger partial charge on any atom is -0.349 e. The standard InChI is InChI=1S/C38H54O4/c1-5-9-23-39-37(40-24-10-6-2)35-27-29-17-13-15-19-31(29)33(35)21-22-34-32-20-16-14-18-30(32)28-36(34)38(41-25-11-7-3)42-26-12-8-4/h13-20,27-28,33-34,37-38H,5-12,21-26H2,1-4H3. The lowest BCUT2D eigenvalue weighted by Crippen LogP contribution is -2.25. The predicted molar refractivity (Wildman–Crippen MR) is 175 cm³/mol. The number of fused-ring (bicyclic) bond motifs is 2. The summed E-state index contributed by atoms with van der Waals surface area (Å²) in [5.74, 6) is 0.535. The molecule has 230 valence electrons. The minimum atomic E-state index is -0.297. The highest BCUT2D eigenvalue weighted by Gasteiger charge is 2.35. The van der Waals surface area contributed by atoms with E-state index in [9.17, 15) is 0 Å². The molecule has 2 atom stereocenters. The summed E-state index contributed by atoms with van der Waals surface area (Å²) in [6.07, 6.45) is 14.7. The number of benzene rings is 2. The molecule has 0 aromatic heterocycles. The fourth-order valence-corrected chi connectivity index (χ4v) is 6.10. The summed E-state index contributed by atoms with van der Waals surface area (Å²) in [7, 11) is 0. The van der Waals surface area contributed by atoms with Crippen molar-refractivity contribution in [1.82, 2.24) is 0 Å². The molecule has 0 fully saturated rings. The second kappa shape index (κ2) is 17.8. The second-order valence-electron chi connectivity index (χ2n) is 11.8. The quantitative estimate of drug-likeness (QED) is 0.110. The van der Waals surface area contributed by atoms with E-state index in [1.54, 1.807) is 0 Å². The highest BCUT2D eigenvalue weighted by atomic mass is 16.7. The van der Waals surface area contributed by atoms with Crippen molar-refractivity contribution in [3.63, 3.8) is 0 Å². The topological polar surface area (TPSA) is 36.9 Å². The van der Waals surface area contributed by atoms with Crippen LogP contribution in [0.4, 0.5) is 0 Å². The Balaban J connectivity index is 1.58. The van der Waals surface area contributed by atoms with Gasteiger partial charge in [-0.1, -0.05) is 102 Å². The maximum absolute atomic E-state index is 6.43. The summed E-state index contributed by atoms with van der Waals surface area (Å²) in [5, 5.41) is 0. The molecule has 2 aliphatic carbocycles. The van der Waals surface area contributed by atoms with Crippen molar-refractivity contribution in [2.24, 2.45) is 0 Å². The van der Waals surface area contributed by atoms with Gasteiger partial charge >= 0.3 is 0 Å². The van der Waals surface area contributed by atoms with Crippen LogP contribution in [-0.4, -0.2) is 39.0 Å². The minimum absolute atomic E-state index is 0.268. The molecule has 0 amide bonds. The Morgan fingerprint density at radius 1 is 0.500 bits per heavy atom. The van der Waals surface area contributed by atoms with Crippen molar-refractivity contribution in [2.75, 3.05) is 26.4 Å². The van der Waals surface area contributed by atoms with Crippen LogP contribution in [0.25, 0.3) is 12.2 Å². The molecule has 0 radical (unpaired) electrons. The molecule has 2 aromatic carbocycles. The molecule has 0 saturated heterocycles. The van der Waals surface area contributed by atoms with E-state index in [4.69, 9.17) is 18.9 Å². The van der Waals surface area contributed by atoms with Crippen LogP contribution in [0.2, 0.25) is 0 Å². The Kier molecular flexibility index (Phi) is 13.8. The normalized spacial score (nSPS) is 17.6. The first-order valence-electron chi connectivity index (χ1n) is 16.8. The summed E-state index contributed by atoms with van der Waals surface area (Å²) in [4.78, 5) is 0. The SMILES string of the molecule is CCCCOC(OCCCC)C1=Cc2ccccc2C1CCC1C(C(OCCCC)OCCCC)=Cc2ccccc21. The molecule has 2 aliphatic rings. The molecule has 42 heavy (non-hydrogen) atoms. The monoisotopic (exact) mass is 574 g/mol. The lowest BCUT2D eigenvalue weighted by molar-refractivity contribution is -0.122. The molecular formula is C38H54O4. The molecule has 0 spiro atoms. The Morgan fingerprint density at radius 3 is 1.17 bits per heavy atom. The van der Waals surface area contributed by atoms with Gasteiger partial charge in [0.15, 0.2) is 12.6 Å². The van der Waals surface area contributed by atoms with E-state index in [2.05, 4.69) is 88.4 Å². The smallest absolute Gasteiger partial charge is 0.180 e. The molecular weight excluding hydrogens is 520 g/mol. The first-order chi connectivity index (χ1) is 20.7. The van der Waals surface area contributed by atoms with Gasteiger partial charge in [-0.25, -0.2) is 0 Å². The average molecular weight is 575 g/mol. The third kappa shape index (κ3) is 8.66. The maximum Gasteiger partial charge on any atom is 0.180 e. The molecule has 2 aromatic rings. The summed E-state index contributed by atoms with van der Waals surface area (Å²) in [6, 6.07) is 17.7. The lowest BCUT2D eigenvalue weighted by Gasteiger charge is -2.28. The third-order valence-corrected chi connectivity index (χ3v) is 8.55. The number of ether oxygens (including phenoxy) is 4. The second-order valence-corrected chi connectivity index (χ2v) is 11.8. The van der Waals surface area contributed by atoms with Crippen molar-refractivity contribution in [3.05, 3.63) is 81.9 Å². The van der Waals surface area contributed by atoms with Gasteiger partial charge in [0, 0.05) is 11.8 Å². The van der Waals surface area contributed by atoms with Crippen LogP contribution < -0.4 is 0 Å². The molecule has 4 rings (SSSR count). The van der Waals surface area contributed by atoms with E-state index in [1.165, 1.54) is 33.4 Å². The van der Waals surface area contributed by atoms with E-state index < -0.39 is 0 Å². The Morgan fingerprint density at radius 2 is 0.833 bits per heavy atom. The zero-order valence-corrected chi connectivity index (χ0v) is 26.6. The van der Waals surface area contributed by atoms with Gasteiger partial charge in [-0.15, -0.1) is 0 Å². The van der Waals surface area contributed by atoms with E-state index in [1.807, 2.05) is 0 Å². The van der Waals surface area contributed by atoms with Crippen LogP contribution in [0.15, 0.2) is 59.7 Å². The van der Waals surface area contributed by atoms with Gasteiger partial charge in [0.2, 0.25) is 0 Å². The van der Waals surface area contributed by atoms with Crippen LogP contribution in [0.3, 0.4) is 0 Å². The van der Waals surface area contributed by atoms with Crippen molar-refractivity contribution in [2.45, 2.75) is 116 Å². The van der Waals surface area contributed by atoms with Crippen LogP contribution in [0.5, 0.6) is 0 Å². The van der Waals surface area contributed by atoms with E-state index in [0.29, 0.717) is 0 Å². The fraction of sp³-hybridized carbons (Fsp3) is 0.579. The predicted octanol–water partition coefficient (Wildman–Crippen LogP) is 10.0. The van der Waals surface area contributed by atoms with E-state index in [0.717, 1.165) is 90.6 Å². The van der Waals surface area contributed by atoms with Crippen molar-refractivity contribution >= 4 is 12.2 Å². The molecule has 0 heterocycles. The van der Waals surface area contributed by atoms with Gasteiger partial charge in [-0.2, -0.15) is 0 Å². The molecule has 0 N–H and O–H groups in total. The Hall–Kier alpha value is -2.24. The van der Waals surface area contributed by atoms with E-state index >= 15 is 0 Å². The van der Waals surface area contributed by atoms with Gasteiger partial charge in [0.05, 0.1) is 26.4 Å². The number of rotatable bonds is 21. The van der Waals surface area contributed by atoms with Crippen molar-refractivity contribution in [1.29, 1.82) is 0 Å². The summed E-state index contributed by atoms with van der Waals surface area (Å²) in [6.45, 7) is 11.7. The van der Waals surface area contributed by atoms with Gasteiger partial charge in [-0.05, 0) is 84.1 Å². The molecule has 4 nitrogen and oxygen atoms in total. The maximum atomic E-state index is 6.43. The zero-order valence-electron chi connectivity index (χ0n) is 26.6. The van der Waals surface area contributed by atoms with Crippen molar-refractivity contribution in [3.8, 4) is 0 Å². The third-order valence-electron chi connectivity index (χ3n) is 8.55. The van der Waals surface area contributed by atoms with E-state index in [-0.39, 0.29) is 24.4 Å². The van der Waals surface area contributed by atoms with Crippen LogP contribution >= 0.6 is 0 Å². The molecule has 0 aliphatic heterocycles. The summed E-state index contributed by atoms with van der Waals surface area (Å²) >= 11 is 0. The number of hydrogen-bond acceptors (Lipinski definition) is 4. The van der Waals surface area contributed by atoms with Gasteiger partial charge in [0.1, 0.15) is 0 Å². The van der Waals surface area contributed by atoms with Gasteiger partial charge in [0.25, 0.3) is 0 Å². The number of unbranched alkanes of at least 4 members (excludes halogenated alkanes) is 4. The van der Waals surface area contributed by atoms with Gasteiger partial charge in [-0.3, -0.25) is 0 Å². The molecule has 0 saturated carbocycles. The van der Waals surface area contributed by atoms with Gasteiger partial charge < -0.3 is 18.9 Å². The summed E-state index contributed by atoms with van der Waals surface area (Å²) in [5.41, 5.74) is 7.93. The first kappa shape index (κ1) is 32.7. The molecule has 0 bridgehead atoms. The molecule has 4 heteroatoms. The molecule has 2 unspecified atom stereocenters. The fourth-order valence-electron chi connectivity index (χ4n) is 6.10. The average Bonchev–Trinajstić information content (AvgIpc) is 3.57. The van der Waals surface area contributed by atoms with Crippen molar-refractivity contribution < 1.29 is 18.9 Å². The zero-order chi connectivity index (χ0) is 29.6. The number of hydrogen-bond donors (Lipinski definition) is 0. The lowest BCUT2D eigenvalue weighted by atomic mass is 9.83. The van der Waals surface area contributed by atoms with Crippen LogP contribution in [0, 0.1) is 0 Å². The van der Waals surface area contributed by atoms with Crippen LogP contribution in [0.1, 0.15) is 126 Å².